The zero-order valence-electron chi connectivity index (χ0n) is 6.28. The normalized spacial score (nSPS) is 7.91. The molecule has 4 nitrogen and oxygen atoms in total. The number of hydrogen-bond acceptors (Lipinski definition) is 4. The molecule has 0 aliphatic rings. The van der Waals surface area contributed by atoms with Gasteiger partial charge in [-0.1, -0.05) is 0 Å². The Labute approximate surface area is 69.7 Å². The third-order valence-corrected chi connectivity index (χ3v) is 0.657. The fourth-order valence-corrected chi connectivity index (χ4v) is 0.312. The Kier molecular flexibility index (Phi) is 5.20. The summed E-state index contributed by atoms with van der Waals surface area (Å²) >= 11 is 5.28. The van der Waals surface area contributed by atoms with Gasteiger partial charge in [-0.05, 0) is 25.4 Å². The topological polar surface area (TPSA) is 55.7 Å². The van der Waals surface area contributed by atoms with E-state index in [1.807, 2.05) is 0 Å². The van der Waals surface area contributed by atoms with Crippen LogP contribution in [0, 0.1) is 0 Å². The number of hydrogen-bond donors (Lipinski definition) is 0. The van der Waals surface area contributed by atoms with E-state index in [0.717, 1.165) is 0 Å². The van der Waals surface area contributed by atoms with Gasteiger partial charge >= 0.3 is 0 Å². The minimum atomic E-state index is 0.167. The van der Waals surface area contributed by atoms with Crippen LogP contribution in [0.3, 0.4) is 0 Å². The van der Waals surface area contributed by atoms with Crippen LogP contribution in [0.2, 0.25) is 5.28 Å². The van der Waals surface area contributed by atoms with E-state index in [1.54, 1.807) is 0 Å². The van der Waals surface area contributed by atoms with Crippen molar-refractivity contribution in [1.29, 1.82) is 0 Å². The Morgan fingerprint density at radius 1 is 1.36 bits per heavy atom. The lowest BCUT2D eigenvalue weighted by Gasteiger charge is -1.78. The van der Waals surface area contributed by atoms with Gasteiger partial charge in [-0.3, -0.25) is 0 Å². The fourth-order valence-electron chi connectivity index (χ4n) is 0.225. The van der Waals surface area contributed by atoms with E-state index in [9.17, 15) is 4.79 Å². The summed E-state index contributed by atoms with van der Waals surface area (Å²) in [6, 6.07) is 0. The lowest BCUT2D eigenvalue weighted by molar-refractivity contribution is -0.114. The van der Waals surface area contributed by atoms with Gasteiger partial charge in [-0.2, -0.15) is 0 Å². The lowest BCUT2D eigenvalue weighted by atomic mass is 10.6. The molecule has 0 N–H and O–H groups in total. The maximum absolute atomic E-state index is 9.44. The van der Waals surface area contributed by atoms with Gasteiger partial charge in [0.15, 0.2) is 0 Å². The SMILES string of the molecule is CC(C)=O.Clc1ncncn1. The van der Waals surface area contributed by atoms with E-state index < -0.39 is 0 Å². The molecule has 1 aromatic heterocycles. The molecule has 1 heterocycles. The highest BCUT2D eigenvalue weighted by molar-refractivity contribution is 6.28. The van der Waals surface area contributed by atoms with Gasteiger partial charge in [-0.15, -0.1) is 0 Å². The summed E-state index contributed by atoms with van der Waals surface area (Å²) in [6.45, 7) is 3.06. The van der Waals surface area contributed by atoms with Crippen molar-refractivity contribution < 1.29 is 4.79 Å². The number of carbonyl (C=O) groups is 1. The number of halogens is 1. The molecule has 0 aliphatic heterocycles. The van der Waals surface area contributed by atoms with E-state index >= 15 is 0 Å². The summed E-state index contributed by atoms with van der Waals surface area (Å²) in [5.41, 5.74) is 0. The van der Waals surface area contributed by atoms with Crippen LogP contribution in [0.1, 0.15) is 13.8 Å². The minimum Gasteiger partial charge on any atom is -0.300 e. The predicted octanol–water partition coefficient (Wildman–Crippen LogP) is 1.12. The van der Waals surface area contributed by atoms with E-state index in [-0.39, 0.29) is 11.1 Å². The molecular formula is C6H8ClN3O. The van der Waals surface area contributed by atoms with Crippen LogP contribution in [0.25, 0.3) is 0 Å². The molecule has 0 atom stereocenters. The number of Topliss-reactive ketones (excluding diaryl/α,β-unsaturated/α-hetero) is 1. The average molecular weight is 174 g/mol. The highest BCUT2D eigenvalue weighted by Gasteiger charge is 1.79. The maximum Gasteiger partial charge on any atom is 0.225 e. The van der Waals surface area contributed by atoms with Crippen molar-refractivity contribution in [2.45, 2.75) is 13.8 Å². The first-order chi connectivity index (χ1) is 5.13. The molecule has 0 amide bonds. The van der Waals surface area contributed by atoms with Crippen molar-refractivity contribution in [3.8, 4) is 0 Å². The fraction of sp³-hybridized carbons (Fsp3) is 0.333. The van der Waals surface area contributed by atoms with Gasteiger partial charge in [0.2, 0.25) is 5.28 Å². The molecule has 0 saturated heterocycles. The van der Waals surface area contributed by atoms with Gasteiger partial charge in [0.1, 0.15) is 18.4 Å². The molecule has 0 spiro atoms. The quantitative estimate of drug-likeness (QED) is 0.590. The molecule has 0 aromatic carbocycles. The van der Waals surface area contributed by atoms with Crippen molar-refractivity contribution >= 4 is 17.4 Å². The molecule has 1 rings (SSSR count). The van der Waals surface area contributed by atoms with Gasteiger partial charge in [0, 0.05) is 0 Å². The van der Waals surface area contributed by atoms with E-state index in [4.69, 9.17) is 11.6 Å². The third-order valence-electron chi connectivity index (χ3n) is 0.462. The zero-order valence-corrected chi connectivity index (χ0v) is 7.04. The van der Waals surface area contributed by atoms with E-state index in [1.165, 1.54) is 26.5 Å². The van der Waals surface area contributed by atoms with Crippen molar-refractivity contribution in [2.24, 2.45) is 0 Å². The standard InChI is InChI=1S/C3H2ClN3.C3H6O/c4-3-6-1-5-2-7-3;1-3(2)4/h1-2H;1-2H3. The molecule has 0 saturated carbocycles. The Morgan fingerprint density at radius 3 is 1.91 bits per heavy atom. The Morgan fingerprint density at radius 2 is 1.73 bits per heavy atom. The van der Waals surface area contributed by atoms with Crippen LogP contribution >= 0.6 is 11.6 Å². The molecule has 0 bridgehead atoms. The number of aromatic nitrogens is 3. The molecule has 60 valence electrons. The first-order valence-corrected chi connectivity index (χ1v) is 3.25. The van der Waals surface area contributed by atoms with Crippen LogP contribution in [0.4, 0.5) is 0 Å². The highest BCUT2D eigenvalue weighted by Crippen LogP contribution is 1.90. The van der Waals surface area contributed by atoms with Gasteiger partial charge in [-0.25, -0.2) is 15.0 Å². The third kappa shape index (κ3) is 8.97. The first-order valence-electron chi connectivity index (χ1n) is 2.87. The van der Waals surface area contributed by atoms with E-state index in [0.29, 0.717) is 0 Å². The summed E-state index contributed by atoms with van der Waals surface area (Å²) in [6.07, 6.45) is 2.69. The monoisotopic (exact) mass is 173 g/mol. The predicted molar refractivity (Wildman–Crippen MR) is 41.2 cm³/mol. The second kappa shape index (κ2) is 5.73. The van der Waals surface area contributed by atoms with Crippen LogP contribution in [0.5, 0.6) is 0 Å². The van der Waals surface area contributed by atoms with Crippen LogP contribution < -0.4 is 0 Å². The number of ketones is 1. The highest BCUT2D eigenvalue weighted by atomic mass is 35.5. The second-order valence-electron chi connectivity index (χ2n) is 1.82. The lowest BCUT2D eigenvalue weighted by Crippen LogP contribution is -1.79. The Hall–Kier alpha value is -1.03. The molecule has 0 unspecified atom stereocenters. The van der Waals surface area contributed by atoms with Crippen LogP contribution in [-0.2, 0) is 4.79 Å². The van der Waals surface area contributed by atoms with Crippen LogP contribution in [0.15, 0.2) is 12.7 Å². The van der Waals surface area contributed by atoms with Crippen LogP contribution in [-0.4, -0.2) is 20.7 Å². The Bertz CT molecular complexity index is 210. The minimum absolute atomic E-state index is 0.167. The summed E-state index contributed by atoms with van der Waals surface area (Å²) in [7, 11) is 0. The molecule has 5 heteroatoms. The van der Waals surface area contributed by atoms with Crippen molar-refractivity contribution in [3.05, 3.63) is 17.9 Å². The van der Waals surface area contributed by atoms with Crippen molar-refractivity contribution in [1.82, 2.24) is 15.0 Å². The molecule has 1 aromatic rings. The maximum atomic E-state index is 9.44. The van der Waals surface area contributed by atoms with Gasteiger partial charge in [0.05, 0.1) is 0 Å². The van der Waals surface area contributed by atoms with Gasteiger partial charge < -0.3 is 4.79 Å². The largest absolute Gasteiger partial charge is 0.300 e. The molecular weight excluding hydrogens is 166 g/mol. The zero-order chi connectivity index (χ0) is 8.69. The molecule has 0 fully saturated rings. The van der Waals surface area contributed by atoms with Crippen molar-refractivity contribution in [3.63, 3.8) is 0 Å². The number of carbonyl (C=O) groups excluding carboxylic acids is 1. The second-order valence-corrected chi connectivity index (χ2v) is 2.15. The number of rotatable bonds is 0. The molecule has 0 aliphatic carbocycles. The van der Waals surface area contributed by atoms with Crippen molar-refractivity contribution in [2.75, 3.05) is 0 Å². The molecule has 0 radical (unpaired) electrons. The first kappa shape index (κ1) is 9.97. The molecule has 11 heavy (non-hydrogen) atoms. The smallest absolute Gasteiger partial charge is 0.225 e. The summed E-state index contributed by atoms with van der Waals surface area (Å²) in [5.74, 6) is 0.167. The summed E-state index contributed by atoms with van der Waals surface area (Å²) in [4.78, 5) is 20.0. The number of nitrogens with zero attached hydrogens (tertiary/aromatic N) is 3. The average Bonchev–Trinajstić information content (AvgIpc) is 1.87. The summed E-state index contributed by atoms with van der Waals surface area (Å²) in [5, 5.41) is 0.231. The Balaban J connectivity index is 0.000000218. The van der Waals surface area contributed by atoms with Gasteiger partial charge in [0.25, 0.3) is 0 Å². The summed E-state index contributed by atoms with van der Waals surface area (Å²) < 4.78 is 0. The van der Waals surface area contributed by atoms with E-state index in [2.05, 4.69) is 15.0 Å².